The summed E-state index contributed by atoms with van der Waals surface area (Å²) >= 11 is 6.19. The molecule has 0 spiro atoms. The first-order valence-electron chi connectivity index (χ1n) is 7.96. The Morgan fingerprint density at radius 1 is 1.48 bits per heavy atom. The monoisotopic (exact) mass is 310 g/mol. The third kappa shape index (κ3) is 4.52. The molecule has 1 heterocycles. The number of anilines is 1. The maximum Gasteiger partial charge on any atom is 0.137 e. The van der Waals surface area contributed by atoms with E-state index in [1.807, 2.05) is 18.2 Å². The Kier molecular flexibility index (Phi) is 6.19. The number of halogens is 1. The van der Waals surface area contributed by atoms with Gasteiger partial charge in [-0.05, 0) is 63.4 Å². The minimum absolute atomic E-state index is 0.453. The first kappa shape index (κ1) is 16.4. The standard InChI is InChI=1S/C17H27ClN2O/c1-4-9-20-10-5-6-14(12-20)13(2)19-15-7-8-17(21-3)16(18)11-15/h7-8,11,13-14,19H,4-6,9-10,12H2,1-3H3. The molecular weight excluding hydrogens is 284 g/mol. The molecule has 118 valence electrons. The lowest BCUT2D eigenvalue weighted by molar-refractivity contribution is 0.165. The van der Waals surface area contributed by atoms with Crippen LogP contribution in [0.4, 0.5) is 5.69 Å². The van der Waals surface area contributed by atoms with Crippen LogP contribution in [0.3, 0.4) is 0 Å². The average molecular weight is 311 g/mol. The Morgan fingerprint density at radius 2 is 2.29 bits per heavy atom. The Hall–Kier alpha value is -0.930. The number of rotatable bonds is 6. The fraction of sp³-hybridized carbons (Fsp3) is 0.647. The smallest absolute Gasteiger partial charge is 0.137 e. The molecule has 1 fully saturated rings. The van der Waals surface area contributed by atoms with Crippen molar-refractivity contribution in [2.75, 3.05) is 32.1 Å². The van der Waals surface area contributed by atoms with Crippen molar-refractivity contribution in [2.45, 2.75) is 39.2 Å². The molecule has 2 rings (SSSR count). The molecule has 21 heavy (non-hydrogen) atoms. The van der Waals surface area contributed by atoms with E-state index in [2.05, 4.69) is 24.1 Å². The molecule has 0 aromatic heterocycles. The second-order valence-corrected chi connectivity index (χ2v) is 6.39. The molecular formula is C17H27ClN2O. The molecule has 0 radical (unpaired) electrons. The lowest BCUT2D eigenvalue weighted by Gasteiger charge is -2.36. The molecule has 1 aliphatic rings. The number of hydrogen-bond donors (Lipinski definition) is 1. The summed E-state index contributed by atoms with van der Waals surface area (Å²) in [5.74, 6) is 1.42. The van der Waals surface area contributed by atoms with E-state index in [0.717, 1.165) is 11.4 Å². The number of ether oxygens (including phenoxy) is 1. The largest absolute Gasteiger partial charge is 0.495 e. The van der Waals surface area contributed by atoms with E-state index in [-0.39, 0.29) is 0 Å². The predicted octanol–water partition coefficient (Wildman–Crippen LogP) is 4.27. The molecule has 1 aromatic rings. The molecule has 1 N–H and O–H groups in total. The molecule has 4 heteroatoms. The van der Waals surface area contributed by atoms with Gasteiger partial charge in [0, 0.05) is 18.3 Å². The van der Waals surface area contributed by atoms with Crippen molar-refractivity contribution in [2.24, 2.45) is 5.92 Å². The first-order chi connectivity index (χ1) is 10.1. The van der Waals surface area contributed by atoms with E-state index in [0.29, 0.717) is 17.0 Å². The van der Waals surface area contributed by atoms with E-state index in [4.69, 9.17) is 16.3 Å². The van der Waals surface area contributed by atoms with Crippen LogP contribution >= 0.6 is 11.6 Å². The van der Waals surface area contributed by atoms with Crippen molar-refractivity contribution < 1.29 is 4.74 Å². The topological polar surface area (TPSA) is 24.5 Å². The Labute approximate surface area is 133 Å². The van der Waals surface area contributed by atoms with Gasteiger partial charge in [-0.15, -0.1) is 0 Å². The Bertz CT molecular complexity index is 450. The molecule has 2 atom stereocenters. The summed E-state index contributed by atoms with van der Waals surface area (Å²) < 4.78 is 5.20. The van der Waals surface area contributed by atoms with Gasteiger partial charge < -0.3 is 15.0 Å². The maximum atomic E-state index is 6.19. The van der Waals surface area contributed by atoms with E-state index in [1.165, 1.54) is 38.9 Å². The van der Waals surface area contributed by atoms with Crippen LogP contribution in [0, 0.1) is 5.92 Å². The van der Waals surface area contributed by atoms with Crippen molar-refractivity contribution in [1.82, 2.24) is 4.90 Å². The molecule has 2 unspecified atom stereocenters. The third-order valence-corrected chi connectivity index (χ3v) is 4.63. The molecule has 1 aliphatic heterocycles. The van der Waals surface area contributed by atoms with Crippen LogP contribution in [0.1, 0.15) is 33.1 Å². The van der Waals surface area contributed by atoms with E-state index in [9.17, 15) is 0 Å². The van der Waals surface area contributed by atoms with Crippen LogP contribution in [0.25, 0.3) is 0 Å². The highest BCUT2D eigenvalue weighted by Crippen LogP contribution is 2.29. The second-order valence-electron chi connectivity index (χ2n) is 5.99. The molecule has 1 aromatic carbocycles. The molecule has 0 aliphatic carbocycles. The average Bonchev–Trinajstić information content (AvgIpc) is 2.48. The second kappa shape index (κ2) is 7.90. The number of hydrogen-bond acceptors (Lipinski definition) is 3. The van der Waals surface area contributed by atoms with Crippen LogP contribution in [-0.2, 0) is 0 Å². The maximum absolute atomic E-state index is 6.19. The van der Waals surface area contributed by atoms with Gasteiger partial charge in [-0.3, -0.25) is 0 Å². The van der Waals surface area contributed by atoms with Gasteiger partial charge in [0.25, 0.3) is 0 Å². The molecule has 0 bridgehead atoms. The quantitative estimate of drug-likeness (QED) is 0.849. The van der Waals surface area contributed by atoms with Gasteiger partial charge >= 0.3 is 0 Å². The predicted molar refractivity (Wildman–Crippen MR) is 90.5 cm³/mol. The van der Waals surface area contributed by atoms with Gasteiger partial charge in [-0.1, -0.05) is 18.5 Å². The first-order valence-corrected chi connectivity index (χ1v) is 8.34. The summed E-state index contributed by atoms with van der Waals surface area (Å²) in [5, 5.41) is 4.26. The van der Waals surface area contributed by atoms with Gasteiger partial charge in [0.15, 0.2) is 0 Å². The SMILES string of the molecule is CCCN1CCCC(C(C)Nc2ccc(OC)c(Cl)c2)C1. The van der Waals surface area contributed by atoms with Gasteiger partial charge in [0.05, 0.1) is 12.1 Å². The van der Waals surface area contributed by atoms with Crippen LogP contribution < -0.4 is 10.1 Å². The Morgan fingerprint density at radius 3 is 2.95 bits per heavy atom. The van der Waals surface area contributed by atoms with Crippen molar-refractivity contribution in [3.05, 3.63) is 23.2 Å². The van der Waals surface area contributed by atoms with Crippen LogP contribution in [-0.4, -0.2) is 37.7 Å². The van der Waals surface area contributed by atoms with Crippen LogP contribution in [0.2, 0.25) is 5.02 Å². The third-order valence-electron chi connectivity index (χ3n) is 4.34. The van der Waals surface area contributed by atoms with Crippen LogP contribution in [0.5, 0.6) is 5.75 Å². The van der Waals surface area contributed by atoms with Crippen LogP contribution in [0.15, 0.2) is 18.2 Å². The summed E-state index contributed by atoms with van der Waals surface area (Å²) in [5.41, 5.74) is 1.07. The number of piperidine rings is 1. The zero-order valence-corrected chi connectivity index (χ0v) is 14.1. The van der Waals surface area contributed by atoms with Gasteiger partial charge in [-0.25, -0.2) is 0 Å². The number of nitrogens with zero attached hydrogens (tertiary/aromatic N) is 1. The molecule has 1 saturated heterocycles. The highest BCUT2D eigenvalue weighted by Gasteiger charge is 2.24. The lowest BCUT2D eigenvalue weighted by Crippen LogP contribution is -2.42. The fourth-order valence-electron chi connectivity index (χ4n) is 3.16. The normalized spacial score (nSPS) is 21.0. The number of nitrogens with one attached hydrogen (secondary N) is 1. The van der Waals surface area contributed by atoms with Gasteiger partial charge in [-0.2, -0.15) is 0 Å². The number of likely N-dealkylation sites (tertiary alicyclic amines) is 1. The summed E-state index contributed by atoms with van der Waals surface area (Å²) in [7, 11) is 1.64. The zero-order chi connectivity index (χ0) is 15.2. The van der Waals surface area contributed by atoms with E-state index < -0.39 is 0 Å². The van der Waals surface area contributed by atoms with Gasteiger partial charge in [0.2, 0.25) is 0 Å². The van der Waals surface area contributed by atoms with Crippen molar-refractivity contribution >= 4 is 17.3 Å². The Balaban J connectivity index is 1.94. The summed E-state index contributed by atoms with van der Waals surface area (Å²) in [6, 6.07) is 6.35. The lowest BCUT2D eigenvalue weighted by atomic mass is 9.91. The minimum Gasteiger partial charge on any atom is -0.495 e. The molecule has 3 nitrogen and oxygen atoms in total. The minimum atomic E-state index is 0.453. The number of benzene rings is 1. The molecule has 0 saturated carbocycles. The van der Waals surface area contributed by atoms with Crippen molar-refractivity contribution in [3.8, 4) is 5.75 Å². The summed E-state index contributed by atoms with van der Waals surface area (Å²) in [6.45, 7) is 8.21. The van der Waals surface area contributed by atoms with Crippen molar-refractivity contribution in [3.63, 3.8) is 0 Å². The zero-order valence-electron chi connectivity index (χ0n) is 13.4. The summed E-state index contributed by atoms with van der Waals surface area (Å²) in [4.78, 5) is 2.59. The van der Waals surface area contributed by atoms with Crippen molar-refractivity contribution in [1.29, 1.82) is 0 Å². The fourth-order valence-corrected chi connectivity index (χ4v) is 3.41. The highest BCUT2D eigenvalue weighted by atomic mass is 35.5. The molecule has 0 amide bonds. The summed E-state index contributed by atoms with van der Waals surface area (Å²) in [6.07, 6.45) is 3.85. The highest BCUT2D eigenvalue weighted by molar-refractivity contribution is 6.32. The van der Waals surface area contributed by atoms with E-state index >= 15 is 0 Å². The van der Waals surface area contributed by atoms with Gasteiger partial charge in [0.1, 0.15) is 5.75 Å². The number of methoxy groups -OCH3 is 1. The van der Waals surface area contributed by atoms with E-state index in [1.54, 1.807) is 7.11 Å².